The van der Waals surface area contributed by atoms with E-state index in [4.69, 9.17) is 5.73 Å². The topological polar surface area (TPSA) is 85.0 Å². The highest BCUT2D eigenvalue weighted by molar-refractivity contribution is 5.94. The van der Waals surface area contributed by atoms with Crippen molar-refractivity contribution < 1.29 is 9.18 Å². The van der Waals surface area contributed by atoms with E-state index < -0.39 is 0 Å². The summed E-state index contributed by atoms with van der Waals surface area (Å²) < 4.78 is 14.5. The number of nitrogens with two attached hydrogens (primary N) is 1. The van der Waals surface area contributed by atoms with Gasteiger partial charge in [0, 0.05) is 36.3 Å². The Labute approximate surface area is 162 Å². The highest BCUT2D eigenvalue weighted by atomic mass is 19.1. The number of piperidine rings is 1. The third-order valence-corrected chi connectivity index (χ3v) is 4.99. The molecule has 1 saturated heterocycles. The molecule has 28 heavy (non-hydrogen) atoms. The summed E-state index contributed by atoms with van der Waals surface area (Å²) in [7, 11) is 0. The number of benzene rings is 1. The van der Waals surface area contributed by atoms with Crippen LogP contribution in [0.1, 0.15) is 41.4 Å². The standard InChI is InChI=1S/C21H20FN5O/c22-17-8-2-1-7-15(17)16-13-25-21(23)26-19(16)18-9-3-4-11-27(18)20(28)14-6-5-10-24-12-14/h1-2,5-8,10,12-13,18H,3-4,9,11H2,(H2,23,25,26)/t18-/m1/s1. The van der Waals surface area contributed by atoms with Crippen molar-refractivity contribution in [2.75, 3.05) is 12.3 Å². The molecule has 0 saturated carbocycles. The highest BCUT2D eigenvalue weighted by Gasteiger charge is 2.32. The normalized spacial score (nSPS) is 16.8. The average molecular weight is 377 g/mol. The molecule has 0 aliphatic carbocycles. The number of carbonyl (C=O) groups is 1. The third-order valence-electron chi connectivity index (χ3n) is 4.99. The van der Waals surface area contributed by atoms with Crippen LogP contribution in [0.3, 0.4) is 0 Å². The third kappa shape index (κ3) is 3.43. The lowest BCUT2D eigenvalue weighted by Crippen LogP contribution is -2.39. The minimum atomic E-state index is -0.363. The van der Waals surface area contributed by atoms with Crippen molar-refractivity contribution in [1.82, 2.24) is 19.9 Å². The number of amides is 1. The van der Waals surface area contributed by atoms with Crippen LogP contribution < -0.4 is 5.73 Å². The smallest absolute Gasteiger partial charge is 0.255 e. The molecular weight excluding hydrogens is 357 g/mol. The van der Waals surface area contributed by atoms with Gasteiger partial charge in [0.25, 0.3) is 5.91 Å². The predicted octanol–water partition coefficient (Wildman–Crippen LogP) is 3.63. The van der Waals surface area contributed by atoms with Gasteiger partial charge in [-0.2, -0.15) is 0 Å². The van der Waals surface area contributed by atoms with Crippen LogP contribution in [0.4, 0.5) is 10.3 Å². The van der Waals surface area contributed by atoms with Gasteiger partial charge in [0.1, 0.15) is 5.82 Å². The number of rotatable bonds is 3. The van der Waals surface area contributed by atoms with E-state index >= 15 is 0 Å². The molecule has 0 radical (unpaired) electrons. The minimum absolute atomic E-state index is 0.106. The van der Waals surface area contributed by atoms with Crippen LogP contribution in [0.5, 0.6) is 0 Å². The fourth-order valence-electron chi connectivity index (χ4n) is 3.66. The zero-order chi connectivity index (χ0) is 19.5. The van der Waals surface area contributed by atoms with Gasteiger partial charge in [0.05, 0.1) is 17.3 Å². The number of nitrogen functional groups attached to an aromatic ring is 1. The van der Waals surface area contributed by atoms with Crippen molar-refractivity contribution in [3.05, 3.63) is 72.1 Å². The number of likely N-dealkylation sites (tertiary alicyclic amines) is 1. The Morgan fingerprint density at radius 3 is 2.75 bits per heavy atom. The molecule has 3 aromatic rings. The van der Waals surface area contributed by atoms with Crippen molar-refractivity contribution in [2.24, 2.45) is 0 Å². The Morgan fingerprint density at radius 1 is 1.11 bits per heavy atom. The largest absolute Gasteiger partial charge is 0.368 e. The molecule has 3 heterocycles. The van der Waals surface area contributed by atoms with Crippen LogP contribution in [0.2, 0.25) is 0 Å². The number of halogens is 1. The maximum absolute atomic E-state index is 14.5. The van der Waals surface area contributed by atoms with Crippen LogP contribution in [0.25, 0.3) is 11.1 Å². The van der Waals surface area contributed by atoms with E-state index in [1.807, 2.05) is 0 Å². The number of aromatic nitrogens is 3. The highest BCUT2D eigenvalue weighted by Crippen LogP contribution is 2.37. The summed E-state index contributed by atoms with van der Waals surface area (Å²) in [6.45, 7) is 0.596. The summed E-state index contributed by atoms with van der Waals surface area (Å²) >= 11 is 0. The van der Waals surface area contributed by atoms with Gasteiger partial charge in [0.15, 0.2) is 0 Å². The van der Waals surface area contributed by atoms with Crippen molar-refractivity contribution >= 4 is 11.9 Å². The summed E-state index contributed by atoms with van der Waals surface area (Å²) in [5, 5.41) is 0. The van der Waals surface area contributed by atoms with E-state index in [1.165, 1.54) is 12.3 Å². The van der Waals surface area contributed by atoms with E-state index in [0.717, 1.165) is 19.3 Å². The average Bonchev–Trinajstić information content (AvgIpc) is 2.74. The second-order valence-corrected chi connectivity index (χ2v) is 6.76. The molecule has 4 rings (SSSR count). The quantitative estimate of drug-likeness (QED) is 0.753. The molecule has 0 spiro atoms. The van der Waals surface area contributed by atoms with Crippen LogP contribution >= 0.6 is 0 Å². The molecule has 1 aromatic carbocycles. The van der Waals surface area contributed by atoms with Crippen LogP contribution in [-0.2, 0) is 0 Å². The van der Waals surface area contributed by atoms with Crippen LogP contribution in [-0.4, -0.2) is 32.3 Å². The van der Waals surface area contributed by atoms with Gasteiger partial charge in [-0.1, -0.05) is 18.2 Å². The van der Waals surface area contributed by atoms with Gasteiger partial charge in [-0.3, -0.25) is 9.78 Å². The molecule has 1 fully saturated rings. The SMILES string of the molecule is Nc1ncc(-c2ccccc2F)c([C@H]2CCCCN2C(=O)c2cccnc2)n1. The monoisotopic (exact) mass is 377 g/mol. The van der Waals surface area contributed by atoms with E-state index in [0.29, 0.717) is 28.9 Å². The predicted molar refractivity (Wildman–Crippen MR) is 104 cm³/mol. The number of hydrogen-bond donors (Lipinski definition) is 1. The van der Waals surface area contributed by atoms with Crippen molar-refractivity contribution in [2.45, 2.75) is 25.3 Å². The lowest BCUT2D eigenvalue weighted by Gasteiger charge is -2.36. The maximum Gasteiger partial charge on any atom is 0.255 e. The Bertz CT molecular complexity index is 995. The Morgan fingerprint density at radius 2 is 1.96 bits per heavy atom. The van der Waals surface area contributed by atoms with E-state index in [9.17, 15) is 9.18 Å². The lowest BCUT2D eigenvalue weighted by molar-refractivity contribution is 0.0606. The summed E-state index contributed by atoms with van der Waals surface area (Å²) in [6, 6.07) is 9.65. The van der Waals surface area contributed by atoms with Gasteiger partial charge < -0.3 is 10.6 Å². The van der Waals surface area contributed by atoms with Gasteiger partial charge in [0.2, 0.25) is 5.95 Å². The summed E-state index contributed by atoms with van der Waals surface area (Å²) in [5.41, 5.74) is 7.91. The Kier molecular flexibility index (Phi) is 4.97. The maximum atomic E-state index is 14.5. The Balaban J connectivity index is 1.79. The van der Waals surface area contributed by atoms with Gasteiger partial charge in [-0.05, 0) is 37.5 Å². The fourth-order valence-corrected chi connectivity index (χ4v) is 3.66. The lowest BCUT2D eigenvalue weighted by atomic mass is 9.93. The molecule has 2 aromatic heterocycles. The molecule has 1 amide bonds. The molecule has 6 nitrogen and oxygen atoms in total. The Hall–Kier alpha value is -3.35. The molecule has 1 atom stereocenters. The number of hydrogen-bond acceptors (Lipinski definition) is 5. The first kappa shape index (κ1) is 18.0. The van der Waals surface area contributed by atoms with Crippen LogP contribution in [0.15, 0.2) is 55.0 Å². The van der Waals surface area contributed by atoms with Gasteiger partial charge in [-0.25, -0.2) is 14.4 Å². The fraction of sp³-hybridized carbons (Fsp3) is 0.238. The van der Waals surface area contributed by atoms with Crippen LogP contribution in [0, 0.1) is 5.82 Å². The molecular formula is C21H20FN5O. The first-order valence-corrected chi connectivity index (χ1v) is 9.23. The second kappa shape index (κ2) is 7.72. The van der Waals surface area contributed by atoms with E-state index in [2.05, 4.69) is 15.0 Å². The molecule has 0 bridgehead atoms. The summed E-state index contributed by atoms with van der Waals surface area (Å²) in [4.78, 5) is 27.4. The zero-order valence-electron chi connectivity index (χ0n) is 15.3. The minimum Gasteiger partial charge on any atom is -0.368 e. The number of pyridine rings is 1. The molecule has 2 N–H and O–H groups in total. The van der Waals surface area contributed by atoms with E-state index in [-0.39, 0.29) is 23.7 Å². The van der Waals surface area contributed by atoms with Crippen molar-refractivity contribution in [3.8, 4) is 11.1 Å². The molecule has 7 heteroatoms. The van der Waals surface area contributed by atoms with Crippen molar-refractivity contribution in [1.29, 1.82) is 0 Å². The second-order valence-electron chi connectivity index (χ2n) is 6.76. The number of nitrogens with zero attached hydrogens (tertiary/aromatic N) is 4. The van der Waals surface area contributed by atoms with Gasteiger partial charge in [-0.15, -0.1) is 0 Å². The van der Waals surface area contributed by atoms with E-state index in [1.54, 1.807) is 47.6 Å². The molecule has 142 valence electrons. The first-order valence-electron chi connectivity index (χ1n) is 9.23. The number of carbonyl (C=O) groups excluding carboxylic acids is 1. The zero-order valence-corrected chi connectivity index (χ0v) is 15.3. The van der Waals surface area contributed by atoms with Gasteiger partial charge >= 0.3 is 0 Å². The first-order chi connectivity index (χ1) is 13.6. The number of anilines is 1. The molecule has 1 aliphatic heterocycles. The molecule has 0 unspecified atom stereocenters. The summed E-state index contributed by atoms with van der Waals surface area (Å²) in [6.07, 6.45) is 7.30. The van der Waals surface area contributed by atoms with Crippen molar-refractivity contribution in [3.63, 3.8) is 0 Å². The summed E-state index contributed by atoms with van der Waals surface area (Å²) in [5.74, 6) is -0.373. The molecule has 1 aliphatic rings.